The Bertz CT molecular complexity index is 579. The maximum atomic E-state index is 11.0. The van der Waals surface area contributed by atoms with E-state index in [0.29, 0.717) is 11.2 Å². The van der Waals surface area contributed by atoms with Crippen molar-refractivity contribution in [1.29, 1.82) is 0 Å². The minimum absolute atomic E-state index is 0.0662. The van der Waals surface area contributed by atoms with Crippen molar-refractivity contribution in [2.24, 2.45) is 0 Å². The van der Waals surface area contributed by atoms with Gasteiger partial charge in [0.15, 0.2) is 5.13 Å². The van der Waals surface area contributed by atoms with Crippen molar-refractivity contribution in [1.82, 2.24) is 9.88 Å². The first kappa shape index (κ1) is 13.7. The third-order valence-electron chi connectivity index (χ3n) is 3.44. The number of hydrogen-bond donors (Lipinski definition) is 1. The molecule has 1 aliphatic heterocycles. The number of hydrogen-bond acceptors (Lipinski definition) is 5. The second kappa shape index (κ2) is 6.03. The molecule has 0 bridgehead atoms. The lowest BCUT2D eigenvalue weighted by Crippen LogP contribution is -2.22. The Hall–Kier alpha value is -1.24. The number of thiazole rings is 1. The monoisotopic (exact) mass is 307 g/mol. The third-order valence-corrected chi connectivity index (χ3v) is 5.22. The zero-order valence-electron chi connectivity index (χ0n) is 11.3. The first-order valence-corrected chi connectivity index (χ1v) is 8.48. The molecule has 2 aromatic rings. The van der Waals surface area contributed by atoms with Gasteiger partial charge in [-0.3, -0.25) is 9.69 Å². The molecule has 1 atom stereocenters. The van der Waals surface area contributed by atoms with E-state index in [0.717, 1.165) is 18.8 Å². The predicted molar refractivity (Wildman–Crippen MR) is 83.1 cm³/mol. The molecule has 1 amide bonds. The molecule has 1 unspecified atom stereocenters. The maximum absolute atomic E-state index is 11.0. The van der Waals surface area contributed by atoms with Gasteiger partial charge >= 0.3 is 0 Å². The van der Waals surface area contributed by atoms with Gasteiger partial charge in [0.1, 0.15) is 0 Å². The summed E-state index contributed by atoms with van der Waals surface area (Å²) >= 11 is 3.32. The summed E-state index contributed by atoms with van der Waals surface area (Å²) in [6.45, 7) is 3.49. The minimum atomic E-state index is -0.0662. The lowest BCUT2D eigenvalue weighted by molar-refractivity contribution is -0.114. The van der Waals surface area contributed by atoms with Gasteiger partial charge in [-0.25, -0.2) is 4.98 Å². The van der Waals surface area contributed by atoms with Crippen molar-refractivity contribution in [3.05, 3.63) is 33.5 Å². The molecule has 1 aliphatic rings. The number of rotatable bonds is 4. The molecular weight excluding hydrogens is 290 g/mol. The summed E-state index contributed by atoms with van der Waals surface area (Å²) in [5.41, 5.74) is 1.04. The molecule has 3 heterocycles. The minimum Gasteiger partial charge on any atom is -0.302 e. The molecule has 0 aromatic carbocycles. The van der Waals surface area contributed by atoms with Crippen molar-refractivity contribution < 1.29 is 4.79 Å². The largest absolute Gasteiger partial charge is 0.302 e. The van der Waals surface area contributed by atoms with Crippen molar-refractivity contribution >= 4 is 33.7 Å². The summed E-state index contributed by atoms with van der Waals surface area (Å²) in [5.74, 6) is -0.0662. The van der Waals surface area contributed by atoms with E-state index in [4.69, 9.17) is 0 Å². The molecule has 0 radical (unpaired) electrons. The second-order valence-corrected chi connectivity index (χ2v) is 6.81. The van der Waals surface area contributed by atoms with Crippen LogP contribution in [0.2, 0.25) is 0 Å². The first-order valence-electron chi connectivity index (χ1n) is 6.72. The number of carbonyl (C=O) groups excluding carboxylic acids is 1. The number of anilines is 1. The fourth-order valence-corrected chi connectivity index (χ4v) is 4.26. The molecule has 0 saturated carbocycles. The summed E-state index contributed by atoms with van der Waals surface area (Å²) in [6.07, 6.45) is 2.47. The molecule has 0 spiro atoms. The molecule has 2 aromatic heterocycles. The number of amides is 1. The van der Waals surface area contributed by atoms with Crippen LogP contribution in [0.25, 0.3) is 0 Å². The van der Waals surface area contributed by atoms with Gasteiger partial charge < -0.3 is 5.32 Å². The highest BCUT2D eigenvalue weighted by Crippen LogP contribution is 2.35. The number of thiophene rings is 1. The van der Waals surface area contributed by atoms with Crippen LogP contribution in [0, 0.1) is 0 Å². The van der Waals surface area contributed by atoms with Gasteiger partial charge in [0.25, 0.3) is 0 Å². The molecule has 0 aliphatic carbocycles. The zero-order chi connectivity index (χ0) is 13.9. The van der Waals surface area contributed by atoms with Gasteiger partial charge in [0.2, 0.25) is 5.91 Å². The first-order chi connectivity index (χ1) is 9.72. The summed E-state index contributed by atoms with van der Waals surface area (Å²) in [7, 11) is 0. The SMILES string of the molecule is CC(=O)Nc1nc(CN2CCCC2c2cccs2)cs1. The predicted octanol–water partition coefficient (Wildman–Crippen LogP) is 3.50. The number of carbonyl (C=O) groups is 1. The molecule has 20 heavy (non-hydrogen) atoms. The summed E-state index contributed by atoms with van der Waals surface area (Å²) in [4.78, 5) is 19.4. The zero-order valence-corrected chi connectivity index (χ0v) is 13.0. The van der Waals surface area contributed by atoms with E-state index in [2.05, 4.69) is 32.7 Å². The molecule has 1 saturated heterocycles. The van der Waals surface area contributed by atoms with Gasteiger partial charge in [-0.1, -0.05) is 6.07 Å². The highest BCUT2D eigenvalue weighted by molar-refractivity contribution is 7.13. The van der Waals surface area contributed by atoms with Crippen LogP contribution in [-0.2, 0) is 11.3 Å². The van der Waals surface area contributed by atoms with Gasteiger partial charge in [0, 0.05) is 29.8 Å². The van der Waals surface area contributed by atoms with Gasteiger partial charge in [-0.15, -0.1) is 22.7 Å². The van der Waals surface area contributed by atoms with Crippen LogP contribution in [0.3, 0.4) is 0 Å². The van der Waals surface area contributed by atoms with E-state index < -0.39 is 0 Å². The number of nitrogens with zero attached hydrogens (tertiary/aromatic N) is 2. The highest BCUT2D eigenvalue weighted by atomic mass is 32.1. The van der Waals surface area contributed by atoms with Crippen molar-refractivity contribution in [2.45, 2.75) is 32.4 Å². The number of aromatic nitrogens is 1. The van der Waals surface area contributed by atoms with Gasteiger partial charge in [0.05, 0.1) is 5.69 Å². The molecule has 6 heteroatoms. The van der Waals surface area contributed by atoms with Crippen molar-refractivity contribution in [3.8, 4) is 0 Å². The summed E-state index contributed by atoms with van der Waals surface area (Å²) < 4.78 is 0. The van der Waals surface area contributed by atoms with Gasteiger partial charge in [-0.2, -0.15) is 0 Å². The van der Waals surface area contributed by atoms with Gasteiger partial charge in [-0.05, 0) is 30.8 Å². The average molecular weight is 307 g/mol. The van der Waals surface area contributed by atoms with Crippen LogP contribution in [0.5, 0.6) is 0 Å². The van der Waals surface area contributed by atoms with Crippen LogP contribution in [0.15, 0.2) is 22.9 Å². The third kappa shape index (κ3) is 3.08. The Morgan fingerprint density at radius 3 is 3.20 bits per heavy atom. The van der Waals surface area contributed by atoms with Crippen LogP contribution in [0.1, 0.15) is 36.4 Å². The normalized spacial score (nSPS) is 19.4. The smallest absolute Gasteiger partial charge is 0.223 e. The molecule has 3 rings (SSSR count). The van der Waals surface area contributed by atoms with Crippen molar-refractivity contribution in [3.63, 3.8) is 0 Å². The van der Waals surface area contributed by atoms with E-state index in [1.165, 1.54) is 36.0 Å². The quantitative estimate of drug-likeness (QED) is 0.940. The van der Waals surface area contributed by atoms with Crippen LogP contribution in [-0.4, -0.2) is 22.3 Å². The van der Waals surface area contributed by atoms with Crippen LogP contribution in [0.4, 0.5) is 5.13 Å². The maximum Gasteiger partial charge on any atom is 0.223 e. The average Bonchev–Trinajstić information content (AvgIpc) is 3.10. The van der Waals surface area contributed by atoms with E-state index in [-0.39, 0.29) is 5.91 Å². The molecule has 106 valence electrons. The van der Waals surface area contributed by atoms with E-state index in [1.807, 2.05) is 16.7 Å². The fraction of sp³-hybridized carbons (Fsp3) is 0.429. The molecule has 1 N–H and O–H groups in total. The Labute approximate surface area is 126 Å². The number of likely N-dealkylation sites (tertiary alicyclic amines) is 1. The standard InChI is InChI=1S/C14H17N3OS2/c1-10(18)15-14-16-11(9-20-14)8-17-6-2-4-12(17)13-5-3-7-19-13/h3,5,7,9,12H,2,4,6,8H2,1H3,(H,15,16,18). The van der Waals surface area contributed by atoms with Crippen LogP contribution >= 0.6 is 22.7 Å². The lowest BCUT2D eigenvalue weighted by Gasteiger charge is -2.22. The molecule has 1 fully saturated rings. The summed E-state index contributed by atoms with van der Waals surface area (Å²) in [5, 5.41) is 7.61. The van der Waals surface area contributed by atoms with E-state index in [1.54, 1.807) is 0 Å². The molecule has 4 nitrogen and oxygen atoms in total. The summed E-state index contributed by atoms with van der Waals surface area (Å²) in [6, 6.07) is 4.87. The second-order valence-electron chi connectivity index (χ2n) is 4.97. The van der Waals surface area contributed by atoms with Crippen molar-refractivity contribution in [2.75, 3.05) is 11.9 Å². The Balaban J connectivity index is 1.67. The van der Waals surface area contributed by atoms with Crippen LogP contribution < -0.4 is 5.32 Å². The van der Waals surface area contributed by atoms with E-state index >= 15 is 0 Å². The molecular formula is C14H17N3OS2. The Morgan fingerprint density at radius 2 is 2.45 bits per heavy atom. The lowest BCUT2D eigenvalue weighted by atomic mass is 10.2. The highest BCUT2D eigenvalue weighted by Gasteiger charge is 2.27. The Morgan fingerprint density at radius 1 is 1.55 bits per heavy atom. The van der Waals surface area contributed by atoms with E-state index in [9.17, 15) is 4.79 Å². The number of nitrogens with one attached hydrogen (secondary N) is 1. The topological polar surface area (TPSA) is 45.2 Å². The Kier molecular flexibility index (Phi) is 4.14. The fourth-order valence-electron chi connectivity index (χ4n) is 2.61.